The highest BCUT2D eigenvalue weighted by atomic mass is 32.1. The summed E-state index contributed by atoms with van der Waals surface area (Å²) < 4.78 is 43.6. The number of methoxy groups -OCH3 is 1. The standard InChI is InChI=1S/C12H12F3N5O2S/c1-22-8-5-3-2-4-7(8)17-9(21)6-19-11(23)20(16)10(18-19)12(13,14)15/h2-5H,6,16H2,1H3,(H,17,21). The Morgan fingerprint density at radius 1 is 1.43 bits per heavy atom. The summed E-state index contributed by atoms with van der Waals surface area (Å²) in [6.07, 6.45) is -4.77. The van der Waals surface area contributed by atoms with Crippen LogP contribution >= 0.6 is 12.2 Å². The molecule has 2 aromatic rings. The second kappa shape index (κ2) is 6.28. The normalized spacial score (nSPS) is 11.3. The molecule has 1 aromatic heterocycles. The molecule has 0 fully saturated rings. The van der Waals surface area contributed by atoms with E-state index in [4.69, 9.17) is 22.8 Å². The van der Waals surface area contributed by atoms with Gasteiger partial charge in [-0.2, -0.15) is 13.2 Å². The van der Waals surface area contributed by atoms with Gasteiger partial charge in [0, 0.05) is 0 Å². The Bertz CT molecular complexity index is 784. The van der Waals surface area contributed by atoms with E-state index in [0.717, 1.165) is 0 Å². The van der Waals surface area contributed by atoms with Crippen molar-refractivity contribution in [3.05, 3.63) is 34.9 Å². The third-order valence-corrected chi connectivity index (χ3v) is 3.21. The van der Waals surface area contributed by atoms with E-state index >= 15 is 0 Å². The number of ether oxygens (including phenoxy) is 1. The maximum absolute atomic E-state index is 12.7. The molecule has 0 saturated carbocycles. The molecule has 3 N–H and O–H groups in total. The first-order valence-electron chi connectivity index (χ1n) is 6.19. The molecule has 0 aliphatic carbocycles. The molecule has 2 rings (SSSR count). The van der Waals surface area contributed by atoms with Crippen LogP contribution in [-0.4, -0.2) is 27.5 Å². The number of amides is 1. The number of nitrogens with two attached hydrogens (primary N) is 1. The number of hydrogen-bond acceptors (Lipinski definition) is 5. The summed E-state index contributed by atoms with van der Waals surface area (Å²) >= 11 is 4.75. The van der Waals surface area contributed by atoms with Crippen LogP contribution in [0.25, 0.3) is 0 Å². The molecular formula is C12H12F3N5O2S. The summed E-state index contributed by atoms with van der Waals surface area (Å²) in [5.41, 5.74) is 0.370. The fraction of sp³-hybridized carbons (Fsp3) is 0.250. The molecular weight excluding hydrogens is 335 g/mol. The van der Waals surface area contributed by atoms with Crippen molar-refractivity contribution in [2.24, 2.45) is 0 Å². The number of halogens is 3. The van der Waals surface area contributed by atoms with Gasteiger partial charge in [-0.1, -0.05) is 12.1 Å². The number of nitrogens with zero attached hydrogens (tertiary/aromatic N) is 3. The van der Waals surface area contributed by atoms with Gasteiger partial charge in [-0.15, -0.1) is 5.10 Å². The van der Waals surface area contributed by atoms with Gasteiger partial charge >= 0.3 is 6.18 Å². The lowest BCUT2D eigenvalue weighted by atomic mass is 10.3. The van der Waals surface area contributed by atoms with Gasteiger partial charge in [0.1, 0.15) is 12.3 Å². The number of benzene rings is 1. The van der Waals surface area contributed by atoms with Crippen LogP contribution in [0.15, 0.2) is 24.3 Å². The van der Waals surface area contributed by atoms with E-state index in [1.54, 1.807) is 24.3 Å². The Balaban J connectivity index is 2.20. The minimum Gasteiger partial charge on any atom is -0.495 e. The third kappa shape index (κ3) is 3.62. The number of aromatic nitrogens is 3. The smallest absolute Gasteiger partial charge is 0.453 e. The monoisotopic (exact) mass is 347 g/mol. The molecule has 1 amide bonds. The zero-order valence-corrected chi connectivity index (χ0v) is 12.6. The van der Waals surface area contributed by atoms with Crippen LogP contribution in [0.4, 0.5) is 18.9 Å². The summed E-state index contributed by atoms with van der Waals surface area (Å²) in [5, 5.41) is 5.74. The quantitative estimate of drug-likeness (QED) is 0.650. The van der Waals surface area contributed by atoms with E-state index in [-0.39, 0.29) is 4.68 Å². The lowest BCUT2D eigenvalue weighted by Gasteiger charge is -2.09. The highest BCUT2D eigenvalue weighted by Crippen LogP contribution is 2.27. The van der Waals surface area contributed by atoms with Gasteiger partial charge < -0.3 is 15.9 Å². The molecule has 0 aliphatic rings. The topological polar surface area (TPSA) is 87.1 Å². The summed E-state index contributed by atoms with van der Waals surface area (Å²) in [5.74, 6) is 3.62. The van der Waals surface area contributed by atoms with Crippen LogP contribution in [0.1, 0.15) is 5.82 Å². The Morgan fingerprint density at radius 2 is 2.09 bits per heavy atom. The average Bonchev–Trinajstić information content (AvgIpc) is 2.76. The molecule has 0 aliphatic heterocycles. The van der Waals surface area contributed by atoms with E-state index in [1.807, 2.05) is 0 Å². The van der Waals surface area contributed by atoms with Gasteiger partial charge in [0.25, 0.3) is 5.82 Å². The molecule has 11 heteroatoms. The molecule has 124 valence electrons. The van der Waals surface area contributed by atoms with Crippen molar-refractivity contribution in [2.75, 3.05) is 18.3 Å². The van der Waals surface area contributed by atoms with E-state index < -0.39 is 29.2 Å². The van der Waals surface area contributed by atoms with Crippen molar-refractivity contribution < 1.29 is 22.7 Å². The number of nitrogens with one attached hydrogen (secondary N) is 1. The van der Waals surface area contributed by atoms with Crippen molar-refractivity contribution in [2.45, 2.75) is 12.7 Å². The van der Waals surface area contributed by atoms with E-state index in [1.165, 1.54) is 7.11 Å². The molecule has 23 heavy (non-hydrogen) atoms. The van der Waals surface area contributed by atoms with Gasteiger partial charge in [0.15, 0.2) is 0 Å². The molecule has 0 radical (unpaired) electrons. The zero-order valence-electron chi connectivity index (χ0n) is 11.8. The lowest BCUT2D eigenvalue weighted by molar-refractivity contribution is -0.147. The van der Waals surface area contributed by atoms with Crippen LogP contribution in [0.3, 0.4) is 0 Å². The number of nitrogen functional groups attached to an aromatic ring is 1. The maximum Gasteiger partial charge on any atom is 0.453 e. The van der Waals surface area contributed by atoms with E-state index in [0.29, 0.717) is 16.1 Å². The number of anilines is 1. The summed E-state index contributed by atoms with van der Waals surface area (Å²) in [4.78, 5) is 12.0. The predicted octanol–water partition coefficient (Wildman–Crippen LogP) is 1.79. The second-order valence-electron chi connectivity index (χ2n) is 4.38. The molecule has 0 atom stereocenters. The second-order valence-corrected chi connectivity index (χ2v) is 4.75. The van der Waals surface area contributed by atoms with Gasteiger partial charge in [-0.05, 0) is 24.4 Å². The van der Waals surface area contributed by atoms with Gasteiger partial charge in [-0.3, -0.25) is 4.79 Å². The molecule has 7 nitrogen and oxygen atoms in total. The molecule has 1 heterocycles. The van der Waals surface area contributed by atoms with Crippen molar-refractivity contribution in [1.82, 2.24) is 14.5 Å². The SMILES string of the molecule is COc1ccccc1NC(=O)Cn1nc(C(F)(F)F)n(N)c1=S. The Hall–Kier alpha value is -2.56. The van der Waals surface area contributed by atoms with Crippen LogP contribution in [0, 0.1) is 4.77 Å². The molecule has 0 unspecified atom stereocenters. The molecule has 0 saturated heterocycles. The van der Waals surface area contributed by atoms with Crippen molar-refractivity contribution in [3.8, 4) is 5.75 Å². The van der Waals surface area contributed by atoms with Crippen LogP contribution < -0.4 is 15.9 Å². The van der Waals surface area contributed by atoms with Crippen molar-refractivity contribution >= 4 is 23.8 Å². The first kappa shape index (κ1) is 16.8. The van der Waals surface area contributed by atoms with E-state index in [9.17, 15) is 18.0 Å². The molecule has 1 aromatic carbocycles. The first-order valence-corrected chi connectivity index (χ1v) is 6.60. The highest BCUT2D eigenvalue weighted by molar-refractivity contribution is 7.71. The van der Waals surface area contributed by atoms with Gasteiger partial charge in [-0.25, -0.2) is 9.36 Å². The van der Waals surface area contributed by atoms with Crippen molar-refractivity contribution in [3.63, 3.8) is 0 Å². The van der Waals surface area contributed by atoms with Crippen LogP contribution in [-0.2, 0) is 17.5 Å². The Morgan fingerprint density at radius 3 is 2.65 bits per heavy atom. The predicted molar refractivity (Wildman–Crippen MR) is 77.8 cm³/mol. The highest BCUT2D eigenvalue weighted by Gasteiger charge is 2.38. The zero-order chi connectivity index (χ0) is 17.2. The fourth-order valence-electron chi connectivity index (χ4n) is 1.79. The first-order chi connectivity index (χ1) is 10.7. The lowest BCUT2D eigenvalue weighted by Crippen LogP contribution is -2.20. The minimum absolute atomic E-state index is 0.214. The largest absolute Gasteiger partial charge is 0.495 e. The molecule has 0 bridgehead atoms. The number of hydrogen-bond donors (Lipinski definition) is 2. The minimum atomic E-state index is -4.77. The number of rotatable bonds is 4. The maximum atomic E-state index is 12.7. The number of carbonyl (C=O) groups is 1. The number of alkyl halides is 3. The fourth-order valence-corrected chi connectivity index (χ4v) is 1.98. The number of para-hydroxylation sites is 2. The van der Waals surface area contributed by atoms with Crippen molar-refractivity contribution in [1.29, 1.82) is 0 Å². The number of carbonyl (C=O) groups excluding carboxylic acids is 1. The van der Waals surface area contributed by atoms with Crippen LogP contribution in [0.2, 0.25) is 0 Å². The van der Waals surface area contributed by atoms with E-state index in [2.05, 4.69) is 10.4 Å². The summed E-state index contributed by atoms with van der Waals surface area (Å²) in [7, 11) is 1.42. The van der Waals surface area contributed by atoms with Gasteiger partial charge in [0.2, 0.25) is 10.7 Å². The Kier molecular flexibility index (Phi) is 4.59. The third-order valence-electron chi connectivity index (χ3n) is 2.80. The van der Waals surface area contributed by atoms with Crippen LogP contribution in [0.5, 0.6) is 5.75 Å². The summed E-state index contributed by atoms with van der Waals surface area (Å²) in [6, 6.07) is 6.58. The Labute approximate surface area is 133 Å². The van der Waals surface area contributed by atoms with Gasteiger partial charge in [0.05, 0.1) is 12.8 Å². The molecule has 0 spiro atoms. The average molecular weight is 347 g/mol. The summed E-state index contributed by atoms with van der Waals surface area (Å²) in [6.45, 7) is -0.524.